The lowest BCUT2D eigenvalue weighted by atomic mass is 9.84. The Morgan fingerprint density at radius 1 is 1.27 bits per heavy atom. The van der Waals surface area contributed by atoms with Crippen LogP contribution in [0.1, 0.15) is 78.1 Å². The van der Waals surface area contributed by atoms with Gasteiger partial charge >= 0.3 is 0 Å². The van der Waals surface area contributed by atoms with E-state index in [9.17, 15) is 9.90 Å². The lowest BCUT2D eigenvalue weighted by Gasteiger charge is -2.27. The molecule has 0 aromatic heterocycles. The number of carbonyl (C=O) groups excluding carboxylic acids is 1. The molecule has 0 aromatic rings. The number of carbonyl (C=O) groups is 1. The summed E-state index contributed by atoms with van der Waals surface area (Å²) in [6, 6.07) is -0.323. The molecule has 1 aliphatic carbocycles. The molecule has 0 bridgehead atoms. The molecule has 0 radical (unpaired) electrons. The summed E-state index contributed by atoms with van der Waals surface area (Å²) in [6.45, 7) is 4.16. The number of halogens is 1. The molecule has 3 atom stereocenters. The molecule has 4 N–H and O–H groups in total. The molecule has 0 spiro atoms. The minimum atomic E-state index is -1.07. The van der Waals surface area contributed by atoms with Gasteiger partial charge in [0.15, 0.2) is 0 Å². The number of aliphatic hydroxyl groups excluding tert-OH is 1. The average molecular weight is 335 g/mol. The highest BCUT2D eigenvalue weighted by Gasteiger charge is 2.27. The minimum absolute atomic E-state index is 0. The van der Waals surface area contributed by atoms with Crippen molar-refractivity contribution in [2.75, 3.05) is 0 Å². The number of hydrogen-bond donors (Lipinski definition) is 3. The third-order valence-electron chi connectivity index (χ3n) is 4.63. The van der Waals surface area contributed by atoms with Crippen molar-refractivity contribution < 1.29 is 9.90 Å². The molecule has 0 heterocycles. The summed E-state index contributed by atoms with van der Waals surface area (Å²) in [6.07, 6.45) is 10.3. The average Bonchev–Trinajstić information content (AvgIpc) is 2.47. The number of hydrogen-bond acceptors (Lipinski definition) is 3. The van der Waals surface area contributed by atoms with Crippen LogP contribution in [0, 0.1) is 5.92 Å². The Hall–Kier alpha value is -0.320. The Morgan fingerprint density at radius 3 is 2.50 bits per heavy atom. The molecule has 1 amide bonds. The second-order valence-electron chi connectivity index (χ2n) is 6.75. The van der Waals surface area contributed by atoms with Gasteiger partial charge in [-0.3, -0.25) is 4.79 Å². The Balaban J connectivity index is 0.00000441. The van der Waals surface area contributed by atoms with Crippen molar-refractivity contribution in [3.63, 3.8) is 0 Å². The van der Waals surface area contributed by atoms with Crippen molar-refractivity contribution in [3.8, 4) is 0 Å². The zero-order chi connectivity index (χ0) is 15.7. The molecule has 0 aliphatic heterocycles. The molecule has 0 aromatic carbocycles. The van der Waals surface area contributed by atoms with Crippen molar-refractivity contribution in [1.82, 2.24) is 5.32 Å². The molecule has 2 unspecified atom stereocenters. The Kier molecular flexibility index (Phi) is 12.0. The van der Waals surface area contributed by atoms with Gasteiger partial charge in [0.25, 0.3) is 5.91 Å². The number of amides is 1. The normalized spacial score (nSPS) is 19.8. The maximum Gasteiger partial charge on any atom is 0.250 e. The Morgan fingerprint density at radius 2 is 1.91 bits per heavy atom. The highest BCUT2D eigenvalue weighted by molar-refractivity contribution is 5.85. The van der Waals surface area contributed by atoms with Gasteiger partial charge in [-0.05, 0) is 25.7 Å². The largest absolute Gasteiger partial charge is 0.382 e. The van der Waals surface area contributed by atoms with Crippen molar-refractivity contribution in [2.24, 2.45) is 11.7 Å². The van der Waals surface area contributed by atoms with Crippen LogP contribution in [-0.2, 0) is 4.79 Å². The van der Waals surface area contributed by atoms with Gasteiger partial charge in [0.2, 0.25) is 0 Å². The fraction of sp³-hybridized carbons (Fsp3) is 0.941. The number of aliphatic hydroxyl groups is 1. The zero-order valence-corrected chi connectivity index (χ0v) is 15.0. The van der Waals surface area contributed by atoms with E-state index in [1.807, 2.05) is 6.92 Å². The van der Waals surface area contributed by atoms with Gasteiger partial charge in [-0.2, -0.15) is 0 Å². The fourth-order valence-electron chi connectivity index (χ4n) is 3.23. The lowest BCUT2D eigenvalue weighted by molar-refractivity contribution is -0.131. The van der Waals surface area contributed by atoms with E-state index in [-0.39, 0.29) is 24.4 Å². The molecule has 1 fully saturated rings. The third kappa shape index (κ3) is 8.35. The molecule has 1 aliphatic rings. The molecule has 5 heteroatoms. The highest BCUT2D eigenvalue weighted by atomic mass is 35.5. The molecular formula is C17H35ClN2O2. The summed E-state index contributed by atoms with van der Waals surface area (Å²) in [7, 11) is 0. The van der Waals surface area contributed by atoms with Gasteiger partial charge in [0.1, 0.15) is 6.10 Å². The SMILES string of the molecule is CCCCCC(C)NC(=O)C(O)[C@H](N)CC1CCCCC1.Cl. The molecule has 132 valence electrons. The van der Waals surface area contributed by atoms with Crippen molar-refractivity contribution >= 4 is 18.3 Å². The number of nitrogens with one attached hydrogen (secondary N) is 1. The predicted molar refractivity (Wildman–Crippen MR) is 94.2 cm³/mol. The van der Waals surface area contributed by atoms with Gasteiger partial charge in [0.05, 0.1) is 0 Å². The van der Waals surface area contributed by atoms with Crippen molar-refractivity contribution in [1.29, 1.82) is 0 Å². The van der Waals surface area contributed by atoms with Crippen molar-refractivity contribution in [2.45, 2.75) is 96.2 Å². The van der Waals surface area contributed by atoms with E-state index < -0.39 is 12.1 Å². The first kappa shape index (κ1) is 21.7. The molecule has 1 saturated carbocycles. The van der Waals surface area contributed by atoms with E-state index in [2.05, 4.69) is 12.2 Å². The third-order valence-corrected chi connectivity index (χ3v) is 4.63. The summed E-state index contributed by atoms with van der Waals surface area (Å²) in [5.41, 5.74) is 6.04. The van der Waals surface area contributed by atoms with E-state index in [1.165, 1.54) is 44.9 Å². The molecule has 1 rings (SSSR count). The second-order valence-corrected chi connectivity index (χ2v) is 6.75. The zero-order valence-electron chi connectivity index (χ0n) is 14.2. The molecule has 4 nitrogen and oxygen atoms in total. The van der Waals surface area contributed by atoms with E-state index >= 15 is 0 Å². The predicted octanol–water partition coefficient (Wildman–Crippen LogP) is 3.15. The van der Waals surface area contributed by atoms with Gasteiger partial charge in [-0.15, -0.1) is 12.4 Å². The Bertz CT molecular complexity index is 296. The van der Waals surface area contributed by atoms with Gasteiger partial charge in [-0.25, -0.2) is 0 Å². The van der Waals surface area contributed by atoms with E-state index in [4.69, 9.17) is 5.73 Å². The quantitative estimate of drug-likeness (QED) is 0.567. The topological polar surface area (TPSA) is 75.3 Å². The lowest BCUT2D eigenvalue weighted by Crippen LogP contribution is -2.49. The number of rotatable bonds is 9. The molecule has 0 saturated heterocycles. The first-order valence-corrected chi connectivity index (χ1v) is 8.78. The van der Waals surface area contributed by atoms with Crippen molar-refractivity contribution in [3.05, 3.63) is 0 Å². The molecular weight excluding hydrogens is 300 g/mol. The van der Waals surface area contributed by atoms with Crippen LogP contribution in [0.15, 0.2) is 0 Å². The van der Waals surface area contributed by atoms with Crippen LogP contribution in [0.25, 0.3) is 0 Å². The van der Waals surface area contributed by atoms with Crippen LogP contribution in [-0.4, -0.2) is 29.2 Å². The summed E-state index contributed by atoms with van der Waals surface area (Å²) < 4.78 is 0. The van der Waals surface area contributed by atoms with Gasteiger partial charge in [-0.1, -0.05) is 58.3 Å². The van der Waals surface area contributed by atoms with Crippen LogP contribution in [0.4, 0.5) is 0 Å². The minimum Gasteiger partial charge on any atom is -0.382 e. The maximum atomic E-state index is 12.0. The van der Waals surface area contributed by atoms with Gasteiger partial charge < -0.3 is 16.2 Å². The van der Waals surface area contributed by atoms with Crippen LogP contribution < -0.4 is 11.1 Å². The van der Waals surface area contributed by atoms with Gasteiger partial charge in [0, 0.05) is 12.1 Å². The smallest absolute Gasteiger partial charge is 0.250 e. The summed E-state index contributed by atoms with van der Waals surface area (Å²) in [5, 5.41) is 13.0. The van der Waals surface area contributed by atoms with Crippen LogP contribution in [0.2, 0.25) is 0 Å². The first-order chi connectivity index (χ1) is 10.0. The van der Waals surface area contributed by atoms with Crippen LogP contribution >= 0.6 is 12.4 Å². The van der Waals surface area contributed by atoms with E-state index in [1.54, 1.807) is 0 Å². The first-order valence-electron chi connectivity index (χ1n) is 8.78. The van der Waals surface area contributed by atoms with Crippen LogP contribution in [0.3, 0.4) is 0 Å². The summed E-state index contributed by atoms with van der Waals surface area (Å²) >= 11 is 0. The van der Waals surface area contributed by atoms with E-state index in [0.717, 1.165) is 19.3 Å². The highest BCUT2D eigenvalue weighted by Crippen LogP contribution is 2.27. The Labute approximate surface area is 142 Å². The monoisotopic (exact) mass is 334 g/mol. The molecule has 22 heavy (non-hydrogen) atoms. The number of unbranched alkanes of at least 4 members (excludes halogenated alkanes) is 2. The standard InChI is InChI=1S/C17H34N2O2.ClH/c1-3-4-6-9-13(2)19-17(21)16(20)15(18)12-14-10-7-5-8-11-14;/h13-16,20H,3-12,18H2,1-2H3,(H,19,21);1H/t13?,15-,16?;/m1./s1. The number of nitrogens with two attached hydrogens (primary N) is 1. The summed E-state index contributed by atoms with van der Waals surface area (Å²) in [5.74, 6) is 0.278. The maximum absolute atomic E-state index is 12.0. The van der Waals surface area contributed by atoms with E-state index in [0.29, 0.717) is 5.92 Å². The second kappa shape index (κ2) is 12.1. The fourth-order valence-corrected chi connectivity index (χ4v) is 3.23. The summed E-state index contributed by atoms with van der Waals surface area (Å²) in [4.78, 5) is 12.0. The van der Waals surface area contributed by atoms with Crippen LogP contribution in [0.5, 0.6) is 0 Å².